The van der Waals surface area contributed by atoms with Gasteiger partial charge in [0.25, 0.3) is 11.8 Å². The van der Waals surface area contributed by atoms with Crippen LogP contribution >= 0.6 is 11.6 Å². The summed E-state index contributed by atoms with van der Waals surface area (Å²) in [6.45, 7) is 4.60. The fraction of sp³-hybridized carbons (Fsp3) is 0.286. The van der Waals surface area contributed by atoms with Crippen molar-refractivity contribution in [3.05, 3.63) is 64.7 Å². The number of anilines is 1. The molecule has 28 heavy (non-hydrogen) atoms. The number of rotatable bonds is 6. The van der Waals surface area contributed by atoms with E-state index in [2.05, 4.69) is 17.2 Å². The Kier molecular flexibility index (Phi) is 5.99. The second kappa shape index (κ2) is 8.44. The van der Waals surface area contributed by atoms with Gasteiger partial charge in [-0.15, -0.1) is 0 Å². The van der Waals surface area contributed by atoms with E-state index in [-0.39, 0.29) is 23.3 Å². The molecule has 2 heterocycles. The van der Waals surface area contributed by atoms with E-state index in [4.69, 9.17) is 11.6 Å². The van der Waals surface area contributed by atoms with E-state index in [0.717, 1.165) is 18.4 Å². The van der Waals surface area contributed by atoms with Crippen LogP contribution in [0.25, 0.3) is 5.52 Å². The van der Waals surface area contributed by atoms with Gasteiger partial charge in [-0.25, -0.2) is 4.98 Å². The molecule has 0 fully saturated rings. The quantitative estimate of drug-likeness (QED) is 0.668. The first kappa shape index (κ1) is 19.9. The van der Waals surface area contributed by atoms with E-state index < -0.39 is 0 Å². The molecule has 1 aromatic carbocycles. The van der Waals surface area contributed by atoms with Gasteiger partial charge in [0.15, 0.2) is 5.69 Å². The van der Waals surface area contributed by atoms with Crippen LogP contribution in [0, 0.1) is 6.92 Å². The first-order valence-electron chi connectivity index (χ1n) is 9.22. The average Bonchev–Trinajstić information content (AvgIpc) is 3.08. The second-order valence-corrected chi connectivity index (χ2v) is 7.15. The first-order chi connectivity index (χ1) is 13.4. The third kappa shape index (κ3) is 4.02. The third-order valence-corrected chi connectivity index (χ3v) is 4.99. The minimum Gasteiger partial charge on any atom is -0.339 e. The molecule has 0 atom stereocenters. The van der Waals surface area contributed by atoms with E-state index >= 15 is 0 Å². The lowest BCUT2D eigenvalue weighted by Gasteiger charge is -2.15. The number of amides is 2. The SMILES string of the molecule is CCCCN(C)C(=O)c1nc(C(=O)Nc2ccc(C)c(Cl)c2)c2ccccn12. The highest BCUT2D eigenvalue weighted by Gasteiger charge is 2.23. The number of hydrogen-bond donors (Lipinski definition) is 1. The van der Waals surface area contributed by atoms with Crippen molar-refractivity contribution >= 4 is 34.6 Å². The molecule has 0 spiro atoms. The molecule has 0 unspecified atom stereocenters. The molecular weight excluding hydrogens is 376 g/mol. The minimum atomic E-state index is -0.390. The Bertz CT molecular complexity index is 1030. The molecule has 0 aliphatic rings. The van der Waals surface area contributed by atoms with Crippen LogP contribution in [0.1, 0.15) is 46.4 Å². The summed E-state index contributed by atoms with van der Waals surface area (Å²) in [5.41, 5.74) is 2.27. The number of halogens is 1. The molecule has 0 aliphatic carbocycles. The van der Waals surface area contributed by atoms with Crippen molar-refractivity contribution in [2.75, 3.05) is 18.9 Å². The number of carbonyl (C=O) groups is 2. The van der Waals surface area contributed by atoms with Gasteiger partial charge in [0, 0.05) is 30.5 Å². The predicted octanol–water partition coefficient (Wildman–Crippen LogP) is 4.42. The Morgan fingerprint density at radius 1 is 1.25 bits per heavy atom. The maximum absolute atomic E-state index is 12.8. The first-order valence-corrected chi connectivity index (χ1v) is 9.60. The summed E-state index contributed by atoms with van der Waals surface area (Å²) in [6.07, 6.45) is 3.64. The zero-order valence-electron chi connectivity index (χ0n) is 16.2. The summed E-state index contributed by atoms with van der Waals surface area (Å²) in [7, 11) is 1.75. The molecule has 0 radical (unpaired) electrons. The number of hydrogen-bond acceptors (Lipinski definition) is 3. The maximum atomic E-state index is 12.8. The Hall–Kier alpha value is -2.86. The zero-order chi connectivity index (χ0) is 20.3. The van der Waals surface area contributed by atoms with Crippen molar-refractivity contribution in [1.29, 1.82) is 0 Å². The minimum absolute atomic E-state index is 0.199. The lowest BCUT2D eigenvalue weighted by molar-refractivity contribution is 0.0780. The number of fused-ring (bicyclic) bond motifs is 1. The Labute approximate surface area is 169 Å². The molecule has 0 aliphatic heterocycles. The highest BCUT2D eigenvalue weighted by Crippen LogP contribution is 2.21. The molecule has 0 saturated heterocycles. The van der Waals surface area contributed by atoms with Gasteiger partial charge in [-0.2, -0.15) is 0 Å². The van der Waals surface area contributed by atoms with Crippen LogP contribution in [-0.4, -0.2) is 39.7 Å². The molecule has 146 valence electrons. The smallest absolute Gasteiger partial charge is 0.289 e. The topological polar surface area (TPSA) is 66.7 Å². The highest BCUT2D eigenvalue weighted by molar-refractivity contribution is 6.31. The van der Waals surface area contributed by atoms with Crippen LogP contribution < -0.4 is 5.32 Å². The zero-order valence-corrected chi connectivity index (χ0v) is 17.0. The van der Waals surface area contributed by atoms with E-state index in [0.29, 0.717) is 22.8 Å². The van der Waals surface area contributed by atoms with E-state index in [9.17, 15) is 9.59 Å². The number of unbranched alkanes of at least 4 members (excludes halogenated alkanes) is 1. The van der Waals surface area contributed by atoms with Gasteiger partial charge in [-0.05, 0) is 43.2 Å². The Morgan fingerprint density at radius 2 is 2.04 bits per heavy atom. The summed E-state index contributed by atoms with van der Waals surface area (Å²) >= 11 is 6.14. The summed E-state index contributed by atoms with van der Waals surface area (Å²) < 4.78 is 1.65. The Morgan fingerprint density at radius 3 is 2.75 bits per heavy atom. The number of aromatic nitrogens is 2. The molecule has 6 nitrogen and oxygen atoms in total. The number of pyridine rings is 1. The number of nitrogens with one attached hydrogen (secondary N) is 1. The average molecular weight is 399 g/mol. The van der Waals surface area contributed by atoms with Gasteiger partial charge in [0.2, 0.25) is 5.82 Å². The summed E-state index contributed by atoms with van der Waals surface area (Å²) in [6, 6.07) is 10.7. The summed E-state index contributed by atoms with van der Waals surface area (Å²) in [5, 5.41) is 3.38. The van der Waals surface area contributed by atoms with Crippen LogP contribution in [0.4, 0.5) is 5.69 Å². The molecule has 2 aromatic heterocycles. The van der Waals surface area contributed by atoms with Crippen molar-refractivity contribution in [3.8, 4) is 0 Å². The van der Waals surface area contributed by atoms with Crippen molar-refractivity contribution < 1.29 is 9.59 Å². The largest absolute Gasteiger partial charge is 0.339 e. The molecule has 2 amide bonds. The van der Waals surface area contributed by atoms with Crippen molar-refractivity contribution in [1.82, 2.24) is 14.3 Å². The number of benzene rings is 1. The van der Waals surface area contributed by atoms with Gasteiger partial charge in [0.1, 0.15) is 0 Å². The molecule has 7 heteroatoms. The molecule has 3 aromatic rings. The molecule has 1 N–H and O–H groups in total. The van der Waals surface area contributed by atoms with Gasteiger partial charge in [0.05, 0.1) is 5.52 Å². The second-order valence-electron chi connectivity index (χ2n) is 6.74. The normalized spacial score (nSPS) is 10.9. The van der Waals surface area contributed by atoms with E-state index in [1.54, 1.807) is 46.8 Å². The van der Waals surface area contributed by atoms with Crippen molar-refractivity contribution in [2.24, 2.45) is 0 Å². The third-order valence-electron chi connectivity index (χ3n) is 4.58. The van der Waals surface area contributed by atoms with E-state index in [1.165, 1.54) is 0 Å². The van der Waals surface area contributed by atoms with Gasteiger partial charge >= 0.3 is 0 Å². The van der Waals surface area contributed by atoms with Gasteiger partial charge < -0.3 is 10.2 Å². The van der Waals surface area contributed by atoms with Crippen LogP contribution in [0.2, 0.25) is 5.02 Å². The lowest BCUT2D eigenvalue weighted by Crippen LogP contribution is -2.29. The summed E-state index contributed by atoms with van der Waals surface area (Å²) in [4.78, 5) is 31.7. The maximum Gasteiger partial charge on any atom is 0.289 e. The van der Waals surface area contributed by atoms with Crippen molar-refractivity contribution in [3.63, 3.8) is 0 Å². The fourth-order valence-corrected chi connectivity index (χ4v) is 3.06. The number of imidazole rings is 1. The Balaban J connectivity index is 1.94. The van der Waals surface area contributed by atoms with Crippen LogP contribution in [0.3, 0.4) is 0 Å². The fourth-order valence-electron chi connectivity index (χ4n) is 2.88. The van der Waals surface area contributed by atoms with Crippen LogP contribution in [-0.2, 0) is 0 Å². The number of carbonyl (C=O) groups excluding carboxylic acids is 2. The monoisotopic (exact) mass is 398 g/mol. The van der Waals surface area contributed by atoms with Gasteiger partial charge in [-0.1, -0.05) is 37.1 Å². The highest BCUT2D eigenvalue weighted by atomic mass is 35.5. The van der Waals surface area contributed by atoms with Crippen LogP contribution in [0.15, 0.2) is 42.6 Å². The molecular formula is C21H23ClN4O2. The van der Waals surface area contributed by atoms with E-state index in [1.807, 2.05) is 19.1 Å². The number of aryl methyl sites for hydroxylation is 1. The predicted molar refractivity (Wildman–Crippen MR) is 111 cm³/mol. The van der Waals surface area contributed by atoms with Crippen molar-refractivity contribution in [2.45, 2.75) is 26.7 Å². The summed E-state index contributed by atoms with van der Waals surface area (Å²) in [5.74, 6) is -0.382. The molecule has 0 saturated carbocycles. The standard InChI is InChI=1S/C21H23ClN4O2/c1-4-5-11-25(3)21(28)19-24-18(17-8-6-7-12-26(17)19)20(27)23-15-10-9-14(2)16(22)13-15/h6-10,12-13H,4-5,11H2,1-3H3,(H,23,27). The molecule has 0 bridgehead atoms. The van der Waals surface area contributed by atoms with Crippen LogP contribution in [0.5, 0.6) is 0 Å². The molecule has 3 rings (SSSR count). The number of nitrogens with zero attached hydrogens (tertiary/aromatic N) is 3. The lowest BCUT2D eigenvalue weighted by atomic mass is 10.2. The van der Waals surface area contributed by atoms with Gasteiger partial charge in [-0.3, -0.25) is 14.0 Å².